The third-order valence-electron chi connectivity index (χ3n) is 3.61. The molecule has 2 atom stereocenters. The van der Waals surface area contributed by atoms with Crippen molar-refractivity contribution in [2.24, 2.45) is 11.7 Å². The second-order valence-corrected chi connectivity index (χ2v) is 6.65. The number of amides is 1. The minimum atomic E-state index is -0.715. The summed E-state index contributed by atoms with van der Waals surface area (Å²) in [4.78, 5) is 25.7. The van der Waals surface area contributed by atoms with E-state index in [0.717, 1.165) is 5.56 Å². The van der Waals surface area contributed by atoms with Gasteiger partial charge in [-0.15, -0.1) is 0 Å². The summed E-state index contributed by atoms with van der Waals surface area (Å²) in [5.74, 6) is -0.904. The zero-order valence-corrected chi connectivity index (χ0v) is 13.8. The highest BCUT2D eigenvalue weighted by Gasteiger charge is 2.41. The zero-order chi connectivity index (χ0) is 17.0. The summed E-state index contributed by atoms with van der Waals surface area (Å²) in [5.41, 5.74) is 6.36. The van der Waals surface area contributed by atoms with Crippen LogP contribution in [-0.4, -0.2) is 35.3 Å². The van der Waals surface area contributed by atoms with Gasteiger partial charge in [0, 0.05) is 6.54 Å². The Bertz CT molecular complexity index is 553. The van der Waals surface area contributed by atoms with Crippen molar-refractivity contribution in [2.45, 2.75) is 45.6 Å². The summed E-state index contributed by atoms with van der Waals surface area (Å²) in [5, 5.41) is 0. The molecule has 0 aromatic heterocycles. The Balaban J connectivity index is 1.89. The molecular weight excluding hydrogens is 296 g/mol. The molecule has 1 aromatic rings. The van der Waals surface area contributed by atoms with E-state index in [1.165, 1.54) is 4.90 Å². The van der Waals surface area contributed by atoms with E-state index in [-0.39, 0.29) is 12.6 Å². The number of likely N-dealkylation sites (tertiary alicyclic amines) is 1. The molecule has 0 spiro atoms. The number of hydrogen-bond acceptors (Lipinski definition) is 5. The molecule has 0 saturated carbocycles. The van der Waals surface area contributed by atoms with Gasteiger partial charge < -0.3 is 15.2 Å². The van der Waals surface area contributed by atoms with Crippen LogP contribution in [0.25, 0.3) is 0 Å². The molecule has 0 aliphatic carbocycles. The summed E-state index contributed by atoms with van der Waals surface area (Å²) in [7, 11) is 0. The van der Waals surface area contributed by atoms with Crippen LogP contribution in [0.1, 0.15) is 32.8 Å². The number of esters is 1. The zero-order valence-electron chi connectivity index (χ0n) is 13.8. The van der Waals surface area contributed by atoms with Crippen LogP contribution in [0, 0.1) is 5.92 Å². The van der Waals surface area contributed by atoms with Gasteiger partial charge in [0.2, 0.25) is 0 Å². The summed E-state index contributed by atoms with van der Waals surface area (Å²) >= 11 is 0. The quantitative estimate of drug-likeness (QED) is 0.864. The monoisotopic (exact) mass is 320 g/mol. The van der Waals surface area contributed by atoms with E-state index in [0.29, 0.717) is 13.0 Å². The molecule has 1 aliphatic rings. The predicted molar refractivity (Wildman–Crippen MR) is 85.3 cm³/mol. The fourth-order valence-corrected chi connectivity index (χ4v) is 2.44. The standard InChI is InChI=1S/C17H24N2O4/c1-17(2,3)23-16(21)19-10-9-13(14(19)18)15(20)22-11-12-7-5-4-6-8-12/h4-8,13-14H,9-11,18H2,1-3H3/t13-,14-/m0/s1. The van der Waals surface area contributed by atoms with E-state index in [4.69, 9.17) is 15.2 Å². The van der Waals surface area contributed by atoms with Crippen LogP contribution >= 0.6 is 0 Å². The van der Waals surface area contributed by atoms with Gasteiger partial charge in [-0.05, 0) is 32.8 Å². The van der Waals surface area contributed by atoms with Crippen molar-refractivity contribution in [3.8, 4) is 0 Å². The number of carbonyl (C=O) groups is 2. The molecule has 2 N–H and O–H groups in total. The van der Waals surface area contributed by atoms with Crippen molar-refractivity contribution >= 4 is 12.1 Å². The van der Waals surface area contributed by atoms with Crippen molar-refractivity contribution in [1.82, 2.24) is 4.90 Å². The van der Waals surface area contributed by atoms with Gasteiger partial charge >= 0.3 is 12.1 Å². The van der Waals surface area contributed by atoms with Gasteiger partial charge in [-0.1, -0.05) is 30.3 Å². The topological polar surface area (TPSA) is 81.9 Å². The first-order valence-electron chi connectivity index (χ1n) is 7.74. The van der Waals surface area contributed by atoms with Crippen LogP contribution in [-0.2, 0) is 20.9 Å². The van der Waals surface area contributed by atoms with Crippen molar-refractivity contribution in [3.63, 3.8) is 0 Å². The maximum atomic E-state index is 12.2. The van der Waals surface area contributed by atoms with Crippen molar-refractivity contribution < 1.29 is 19.1 Å². The molecule has 6 nitrogen and oxygen atoms in total. The summed E-state index contributed by atoms with van der Waals surface area (Å²) < 4.78 is 10.6. The summed E-state index contributed by atoms with van der Waals surface area (Å²) in [6, 6.07) is 9.43. The number of ether oxygens (including phenoxy) is 2. The average Bonchev–Trinajstić information content (AvgIpc) is 2.86. The maximum Gasteiger partial charge on any atom is 0.411 e. The molecular formula is C17H24N2O4. The minimum absolute atomic E-state index is 0.204. The SMILES string of the molecule is CC(C)(C)OC(=O)N1CC[C@H](C(=O)OCc2ccccc2)[C@H]1N. The van der Waals surface area contributed by atoms with Gasteiger partial charge in [-0.3, -0.25) is 9.69 Å². The first kappa shape index (κ1) is 17.3. The van der Waals surface area contributed by atoms with E-state index in [1.54, 1.807) is 20.8 Å². The third-order valence-corrected chi connectivity index (χ3v) is 3.61. The van der Waals surface area contributed by atoms with E-state index < -0.39 is 23.8 Å². The largest absolute Gasteiger partial charge is 0.461 e. The molecule has 1 aliphatic heterocycles. The lowest BCUT2D eigenvalue weighted by molar-refractivity contribution is -0.150. The highest BCUT2D eigenvalue weighted by Crippen LogP contribution is 2.24. The van der Waals surface area contributed by atoms with Crippen LogP contribution in [0.3, 0.4) is 0 Å². The van der Waals surface area contributed by atoms with E-state index in [9.17, 15) is 9.59 Å². The smallest absolute Gasteiger partial charge is 0.411 e. The van der Waals surface area contributed by atoms with Crippen LogP contribution in [0.2, 0.25) is 0 Å². The number of hydrogen-bond donors (Lipinski definition) is 1. The molecule has 1 aromatic carbocycles. The van der Waals surface area contributed by atoms with Gasteiger partial charge in [-0.2, -0.15) is 0 Å². The first-order chi connectivity index (χ1) is 10.8. The fraction of sp³-hybridized carbons (Fsp3) is 0.529. The number of rotatable bonds is 3. The molecule has 1 saturated heterocycles. The molecule has 23 heavy (non-hydrogen) atoms. The first-order valence-corrected chi connectivity index (χ1v) is 7.74. The van der Waals surface area contributed by atoms with Gasteiger partial charge in [-0.25, -0.2) is 4.79 Å². The van der Waals surface area contributed by atoms with Crippen molar-refractivity contribution in [2.75, 3.05) is 6.54 Å². The van der Waals surface area contributed by atoms with Crippen LogP contribution < -0.4 is 5.73 Å². The number of nitrogens with two attached hydrogens (primary N) is 1. The van der Waals surface area contributed by atoms with Gasteiger partial charge in [0.25, 0.3) is 0 Å². The Morgan fingerprint density at radius 3 is 2.52 bits per heavy atom. The van der Waals surface area contributed by atoms with E-state index in [2.05, 4.69) is 0 Å². The molecule has 1 amide bonds. The highest BCUT2D eigenvalue weighted by molar-refractivity contribution is 5.76. The third kappa shape index (κ3) is 4.69. The van der Waals surface area contributed by atoms with Gasteiger partial charge in [0.15, 0.2) is 0 Å². The lowest BCUT2D eigenvalue weighted by atomic mass is 10.1. The normalized spacial score (nSPS) is 21.1. The number of benzene rings is 1. The van der Waals surface area contributed by atoms with Crippen LogP contribution in [0.4, 0.5) is 4.79 Å². The summed E-state index contributed by atoms with van der Waals surface area (Å²) in [6.45, 7) is 5.96. The number of nitrogens with zero attached hydrogens (tertiary/aromatic N) is 1. The van der Waals surface area contributed by atoms with E-state index in [1.807, 2.05) is 30.3 Å². The Hall–Kier alpha value is -2.08. The molecule has 126 valence electrons. The number of carbonyl (C=O) groups excluding carboxylic acids is 2. The van der Waals surface area contributed by atoms with Crippen LogP contribution in [0.5, 0.6) is 0 Å². The molecule has 6 heteroatoms. The van der Waals surface area contributed by atoms with Crippen molar-refractivity contribution in [1.29, 1.82) is 0 Å². The van der Waals surface area contributed by atoms with Gasteiger partial charge in [0.1, 0.15) is 12.2 Å². The molecule has 0 unspecified atom stereocenters. The lowest BCUT2D eigenvalue weighted by Gasteiger charge is -2.27. The Morgan fingerprint density at radius 1 is 1.26 bits per heavy atom. The maximum absolute atomic E-state index is 12.2. The Kier molecular flexibility index (Phi) is 5.26. The Labute approximate surface area is 136 Å². The second-order valence-electron chi connectivity index (χ2n) is 6.65. The molecule has 2 rings (SSSR count). The highest BCUT2D eigenvalue weighted by atomic mass is 16.6. The molecule has 1 heterocycles. The molecule has 0 bridgehead atoms. The van der Waals surface area contributed by atoms with Crippen molar-refractivity contribution in [3.05, 3.63) is 35.9 Å². The second kappa shape index (κ2) is 7.00. The predicted octanol–water partition coefficient (Wildman–Crippen LogP) is 2.27. The van der Waals surface area contributed by atoms with Crippen LogP contribution in [0.15, 0.2) is 30.3 Å². The lowest BCUT2D eigenvalue weighted by Crippen LogP contribution is -2.47. The minimum Gasteiger partial charge on any atom is -0.461 e. The average molecular weight is 320 g/mol. The molecule has 0 radical (unpaired) electrons. The Morgan fingerprint density at radius 2 is 1.91 bits per heavy atom. The fourth-order valence-electron chi connectivity index (χ4n) is 2.44. The van der Waals surface area contributed by atoms with E-state index >= 15 is 0 Å². The van der Waals surface area contributed by atoms with Gasteiger partial charge in [0.05, 0.1) is 12.1 Å². The summed E-state index contributed by atoms with van der Waals surface area (Å²) in [6.07, 6.45) is -0.731. The molecule has 1 fully saturated rings.